The Morgan fingerprint density at radius 3 is 1.96 bits per heavy atom. The molecule has 2 aliphatic rings. The van der Waals surface area contributed by atoms with Crippen LogP contribution in [0.25, 0.3) is 68.6 Å². The molecular formula is C42H36N4+2. The topological polar surface area (TPSA) is 39.3 Å². The van der Waals surface area contributed by atoms with Crippen molar-refractivity contribution in [3.63, 3.8) is 0 Å². The minimum absolute atomic E-state index is 1.00. The molecule has 0 bridgehead atoms. The van der Waals surface area contributed by atoms with E-state index < -0.39 is 0 Å². The maximum Gasteiger partial charge on any atom is 0.214 e. The van der Waals surface area contributed by atoms with Gasteiger partial charge < -0.3 is 9.97 Å². The van der Waals surface area contributed by atoms with Gasteiger partial charge in [0.25, 0.3) is 0 Å². The van der Waals surface area contributed by atoms with E-state index in [0.717, 1.165) is 38.8 Å². The molecule has 0 unspecified atom stereocenters. The minimum atomic E-state index is 1.00. The van der Waals surface area contributed by atoms with Crippen LogP contribution in [0.2, 0.25) is 0 Å². The normalized spacial score (nSPS) is 14.3. The number of nitrogens with one attached hydrogen (secondary N) is 2. The molecule has 0 saturated heterocycles. The zero-order chi connectivity index (χ0) is 30.5. The van der Waals surface area contributed by atoms with Gasteiger partial charge in [0, 0.05) is 77.4 Å². The van der Waals surface area contributed by atoms with Gasteiger partial charge in [-0.25, -0.2) is 0 Å². The Balaban J connectivity index is 1.17. The molecule has 4 heteroatoms. The number of rotatable bonds is 4. The first-order valence-electron chi connectivity index (χ1n) is 16.5. The molecule has 0 amide bonds. The molecule has 0 atom stereocenters. The van der Waals surface area contributed by atoms with E-state index in [9.17, 15) is 0 Å². The van der Waals surface area contributed by atoms with Crippen LogP contribution in [0.4, 0.5) is 0 Å². The van der Waals surface area contributed by atoms with E-state index in [1.54, 1.807) is 0 Å². The van der Waals surface area contributed by atoms with Gasteiger partial charge in [-0.05, 0) is 64.9 Å². The maximum absolute atomic E-state index is 3.42. The number of pyridine rings is 2. The number of H-pyrrole nitrogens is 2. The summed E-state index contributed by atoms with van der Waals surface area (Å²) in [7, 11) is 0. The SMILES string of the molecule is C(=C\c1c[nH]c2ccccc12)/c1cc[n+]2c(c1)-c1c(ccc3c1-c1cccc(/C=C/c4c[nH]c5ccccc45)[n+]1CCC3)CCC2. The Hall–Kier alpha value is -5.48. The van der Waals surface area contributed by atoms with Crippen molar-refractivity contribution >= 4 is 46.1 Å². The van der Waals surface area contributed by atoms with Gasteiger partial charge in [0.1, 0.15) is 13.1 Å². The van der Waals surface area contributed by atoms with Crippen molar-refractivity contribution < 1.29 is 9.13 Å². The molecule has 4 aromatic heterocycles. The second-order valence-corrected chi connectivity index (χ2v) is 12.6. The van der Waals surface area contributed by atoms with Crippen LogP contribution in [0.1, 0.15) is 46.4 Å². The predicted molar refractivity (Wildman–Crippen MR) is 189 cm³/mol. The number of para-hydroxylation sites is 2. The van der Waals surface area contributed by atoms with Gasteiger partial charge in [-0.2, -0.15) is 9.13 Å². The molecule has 222 valence electrons. The van der Waals surface area contributed by atoms with Crippen molar-refractivity contribution in [2.75, 3.05) is 0 Å². The number of hydrogen-bond donors (Lipinski definition) is 2. The lowest BCUT2D eigenvalue weighted by molar-refractivity contribution is -0.688. The number of hydrogen-bond acceptors (Lipinski definition) is 0. The minimum Gasteiger partial charge on any atom is -0.361 e. The van der Waals surface area contributed by atoms with Crippen LogP contribution >= 0.6 is 0 Å². The van der Waals surface area contributed by atoms with Gasteiger partial charge in [0.15, 0.2) is 6.20 Å². The summed E-state index contributed by atoms with van der Waals surface area (Å²) < 4.78 is 5.03. The predicted octanol–water partition coefficient (Wildman–Crippen LogP) is 8.79. The Morgan fingerprint density at radius 1 is 0.565 bits per heavy atom. The summed E-state index contributed by atoms with van der Waals surface area (Å²) in [5, 5.41) is 2.51. The third-order valence-electron chi connectivity index (χ3n) is 9.88. The molecule has 0 fully saturated rings. The van der Waals surface area contributed by atoms with E-state index in [1.807, 2.05) is 0 Å². The third kappa shape index (κ3) is 4.60. The van der Waals surface area contributed by atoms with Gasteiger partial charge in [-0.15, -0.1) is 0 Å². The smallest absolute Gasteiger partial charge is 0.214 e. The molecule has 2 N–H and O–H groups in total. The Bertz CT molecular complexity index is 2310. The summed E-state index contributed by atoms with van der Waals surface area (Å²) >= 11 is 0. The highest BCUT2D eigenvalue weighted by molar-refractivity contribution is 5.93. The second-order valence-electron chi connectivity index (χ2n) is 12.6. The Labute approximate surface area is 269 Å². The van der Waals surface area contributed by atoms with Gasteiger partial charge in [-0.1, -0.05) is 60.7 Å². The molecule has 0 saturated carbocycles. The van der Waals surface area contributed by atoms with Gasteiger partial charge in [0.2, 0.25) is 17.1 Å². The molecular weight excluding hydrogens is 560 g/mol. The second kappa shape index (κ2) is 11.1. The summed E-state index contributed by atoms with van der Waals surface area (Å²) in [6, 6.07) is 33.3. The largest absolute Gasteiger partial charge is 0.361 e. The highest BCUT2D eigenvalue weighted by Gasteiger charge is 2.32. The lowest BCUT2D eigenvalue weighted by atomic mass is 9.88. The molecule has 0 radical (unpaired) electrons. The molecule has 0 spiro atoms. The van der Waals surface area contributed by atoms with Crippen LogP contribution in [0.3, 0.4) is 0 Å². The number of benzene rings is 3. The first-order chi connectivity index (χ1) is 22.8. The molecule has 7 aromatic rings. The van der Waals surface area contributed by atoms with Crippen molar-refractivity contribution in [3.05, 3.63) is 143 Å². The highest BCUT2D eigenvalue weighted by atomic mass is 15.0. The standard InChI is InChI=1S/C42H34N4/c1-3-13-37-35(11-1)32(27-43-37)17-16-29-22-25-45-23-6-8-31-19-18-30-9-7-24-46-34(10-5-15-39(46)41(30)42(31)40(45)26-29)21-20-33-28-44-38-14-4-2-12-36(33)38/h1-5,10-22,25-28H,6-9,23-24H2/p+2. The van der Waals surface area contributed by atoms with Crippen LogP contribution in [-0.2, 0) is 25.9 Å². The van der Waals surface area contributed by atoms with Crippen molar-refractivity contribution in [2.24, 2.45) is 0 Å². The number of aromatic nitrogens is 4. The van der Waals surface area contributed by atoms with Crippen LogP contribution in [0.5, 0.6) is 0 Å². The number of fused-ring (bicyclic) bond motifs is 9. The fourth-order valence-corrected chi connectivity index (χ4v) is 7.61. The van der Waals surface area contributed by atoms with Crippen LogP contribution in [0, 0.1) is 0 Å². The first kappa shape index (κ1) is 26.9. The number of aryl methyl sites for hydroxylation is 3. The first-order valence-corrected chi connectivity index (χ1v) is 16.5. The van der Waals surface area contributed by atoms with Crippen molar-refractivity contribution in [2.45, 2.75) is 38.8 Å². The Morgan fingerprint density at radius 2 is 1.22 bits per heavy atom. The average Bonchev–Trinajstić information content (AvgIpc) is 3.59. The lowest BCUT2D eigenvalue weighted by Crippen LogP contribution is -2.39. The third-order valence-corrected chi connectivity index (χ3v) is 9.88. The quantitative estimate of drug-likeness (QED) is 0.191. The zero-order valence-corrected chi connectivity index (χ0v) is 25.8. The lowest BCUT2D eigenvalue weighted by Gasteiger charge is -2.14. The van der Waals surface area contributed by atoms with E-state index in [4.69, 9.17) is 0 Å². The number of aromatic amines is 2. The molecule has 2 aliphatic heterocycles. The van der Waals surface area contributed by atoms with Crippen molar-refractivity contribution in [1.29, 1.82) is 0 Å². The maximum atomic E-state index is 3.42. The van der Waals surface area contributed by atoms with E-state index in [2.05, 4.69) is 153 Å². The van der Waals surface area contributed by atoms with Crippen LogP contribution in [-0.4, -0.2) is 9.97 Å². The highest BCUT2D eigenvalue weighted by Crippen LogP contribution is 2.39. The number of nitrogens with zero attached hydrogens (tertiary/aromatic N) is 2. The molecule has 9 rings (SSSR count). The van der Waals surface area contributed by atoms with Crippen molar-refractivity contribution in [3.8, 4) is 22.5 Å². The van der Waals surface area contributed by atoms with Gasteiger partial charge >= 0.3 is 0 Å². The summed E-state index contributed by atoms with van der Waals surface area (Å²) in [6.07, 6.45) is 20.0. The van der Waals surface area contributed by atoms with E-state index in [1.165, 1.54) is 77.8 Å². The van der Waals surface area contributed by atoms with Gasteiger partial charge in [-0.3, -0.25) is 0 Å². The fourth-order valence-electron chi connectivity index (χ4n) is 7.61. The zero-order valence-electron chi connectivity index (χ0n) is 25.8. The molecule has 6 heterocycles. The van der Waals surface area contributed by atoms with Crippen molar-refractivity contribution in [1.82, 2.24) is 9.97 Å². The van der Waals surface area contributed by atoms with Crippen LogP contribution in [0.15, 0.2) is 110 Å². The summed E-state index contributed by atoms with van der Waals surface area (Å²) in [5.74, 6) is 0. The van der Waals surface area contributed by atoms with E-state index >= 15 is 0 Å². The van der Waals surface area contributed by atoms with Crippen LogP contribution < -0.4 is 9.13 Å². The monoisotopic (exact) mass is 596 g/mol. The summed E-state index contributed by atoms with van der Waals surface area (Å²) in [6.45, 7) is 2.03. The molecule has 46 heavy (non-hydrogen) atoms. The van der Waals surface area contributed by atoms with Gasteiger partial charge in [0.05, 0.1) is 11.1 Å². The van der Waals surface area contributed by atoms with E-state index in [-0.39, 0.29) is 0 Å². The average molecular weight is 597 g/mol. The Kier molecular flexibility index (Phi) is 6.52. The summed E-state index contributed by atoms with van der Waals surface area (Å²) in [4.78, 5) is 6.83. The molecule has 4 nitrogen and oxygen atoms in total. The summed E-state index contributed by atoms with van der Waals surface area (Å²) in [5.41, 5.74) is 15.6. The van der Waals surface area contributed by atoms with E-state index in [0.29, 0.717) is 0 Å². The fraction of sp³-hybridized carbons (Fsp3) is 0.143. The molecule has 0 aliphatic carbocycles. The molecule has 3 aromatic carbocycles.